The van der Waals surface area contributed by atoms with Crippen molar-refractivity contribution in [3.05, 3.63) is 23.8 Å². The van der Waals surface area contributed by atoms with E-state index in [1.807, 2.05) is 0 Å². The van der Waals surface area contributed by atoms with E-state index in [9.17, 15) is 23.1 Å². The summed E-state index contributed by atoms with van der Waals surface area (Å²) >= 11 is 0. The number of carbonyl (C=O) groups excluding carboxylic acids is 1. The highest BCUT2D eigenvalue weighted by Crippen LogP contribution is 2.43. The van der Waals surface area contributed by atoms with Gasteiger partial charge in [-0.15, -0.1) is 0 Å². The molecule has 8 heteroatoms. The number of aromatic nitrogens is 2. The van der Waals surface area contributed by atoms with Crippen LogP contribution in [0.5, 0.6) is 0 Å². The maximum Gasteiger partial charge on any atom is 0.416 e. The lowest BCUT2D eigenvalue weighted by atomic mass is 9.92. The van der Waals surface area contributed by atoms with E-state index < -0.39 is 17.8 Å². The number of aliphatic hydroxyl groups excluding tert-OH is 1. The topological polar surface area (TPSA) is 67.2 Å². The van der Waals surface area contributed by atoms with Crippen LogP contribution in [-0.2, 0) is 11.0 Å². The van der Waals surface area contributed by atoms with Crippen molar-refractivity contribution in [3.8, 4) is 0 Å². The smallest absolute Gasteiger partial charge is 0.393 e. The van der Waals surface area contributed by atoms with Gasteiger partial charge in [-0.2, -0.15) is 13.2 Å². The lowest BCUT2D eigenvalue weighted by Gasteiger charge is -2.29. The number of rotatable bonds is 4. The summed E-state index contributed by atoms with van der Waals surface area (Å²) in [5.41, 5.74) is 0.102. The molecule has 0 saturated heterocycles. The first-order valence-electron chi connectivity index (χ1n) is 8.84. The average molecular weight is 367 g/mol. The second-order valence-electron chi connectivity index (χ2n) is 7.33. The van der Waals surface area contributed by atoms with Gasteiger partial charge >= 0.3 is 6.18 Å². The Hall–Kier alpha value is -2.09. The Morgan fingerprint density at radius 1 is 1.38 bits per heavy atom. The molecule has 1 heterocycles. The first-order chi connectivity index (χ1) is 12.3. The van der Waals surface area contributed by atoms with Gasteiger partial charge in [0.1, 0.15) is 0 Å². The number of amides is 1. The first-order valence-corrected chi connectivity index (χ1v) is 8.84. The van der Waals surface area contributed by atoms with Crippen LogP contribution in [0.3, 0.4) is 0 Å². The minimum atomic E-state index is -4.43. The molecule has 2 aliphatic rings. The molecule has 3 atom stereocenters. The summed E-state index contributed by atoms with van der Waals surface area (Å²) in [5.74, 6) is -0.267. The number of halogens is 3. The van der Waals surface area contributed by atoms with Crippen molar-refractivity contribution in [2.24, 2.45) is 11.8 Å². The fraction of sp³-hybridized carbons (Fsp3) is 0.556. The summed E-state index contributed by atoms with van der Waals surface area (Å²) in [5, 5.41) is 12.4. The van der Waals surface area contributed by atoms with E-state index in [-0.39, 0.29) is 23.8 Å². The summed E-state index contributed by atoms with van der Waals surface area (Å²) in [6.45, 7) is 1.65. The fourth-order valence-corrected chi connectivity index (χ4v) is 3.62. The molecule has 5 nitrogen and oxygen atoms in total. The molecule has 0 bridgehead atoms. The van der Waals surface area contributed by atoms with Crippen molar-refractivity contribution < 1.29 is 23.1 Å². The molecule has 0 radical (unpaired) electrons. The number of aliphatic hydroxyl groups is 1. The number of anilines is 1. The molecule has 26 heavy (non-hydrogen) atoms. The van der Waals surface area contributed by atoms with E-state index in [1.54, 1.807) is 11.5 Å². The zero-order valence-corrected chi connectivity index (χ0v) is 14.3. The molecule has 1 amide bonds. The van der Waals surface area contributed by atoms with Crippen LogP contribution in [0.25, 0.3) is 11.0 Å². The lowest BCUT2D eigenvalue weighted by molar-refractivity contribution is -0.137. The molecular formula is C18H20F3N3O2. The Bertz CT molecular complexity index is 855. The standard InChI is InChI=1S/C18H20F3N3O2/c1-9(25)12-8-13(12)16(26)23-17-22-14-6-5-10(18(19,20)21)7-15(14)24(17)11-3-2-4-11/h5-7,9,11-13,25H,2-4,8H2,1H3,(H,22,23,26)/t9?,12-,13+/m1/s1. The highest BCUT2D eigenvalue weighted by Gasteiger charge is 2.46. The maximum atomic E-state index is 13.1. The van der Waals surface area contributed by atoms with Crippen molar-refractivity contribution in [2.75, 3.05) is 5.32 Å². The van der Waals surface area contributed by atoms with Gasteiger partial charge in [-0.05, 0) is 56.7 Å². The molecule has 1 aromatic heterocycles. The summed E-state index contributed by atoms with van der Waals surface area (Å²) in [7, 11) is 0. The number of alkyl halides is 3. The van der Waals surface area contributed by atoms with E-state index in [1.165, 1.54) is 6.07 Å². The maximum absolute atomic E-state index is 13.1. The van der Waals surface area contributed by atoms with E-state index in [2.05, 4.69) is 10.3 Å². The summed E-state index contributed by atoms with van der Waals surface area (Å²) < 4.78 is 40.9. The van der Waals surface area contributed by atoms with Crippen LogP contribution in [-0.4, -0.2) is 26.7 Å². The van der Waals surface area contributed by atoms with Gasteiger partial charge in [0, 0.05) is 12.0 Å². The van der Waals surface area contributed by atoms with Crippen LogP contribution >= 0.6 is 0 Å². The summed E-state index contributed by atoms with van der Waals surface area (Å²) in [4.78, 5) is 16.8. The van der Waals surface area contributed by atoms with E-state index in [4.69, 9.17) is 0 Å². The molecule has 0 spiro atoms. The quantitative estimate of drug-likeness (QED) is 0.865. The summed E-state index contributed by atoms with van der Waals surface area (Å²) in [6, 6.07) is 3.51. The molecular weight excluding hydrogens is 347 g/mol. The van der Waals surface area contributed by atoms with Gasteiger partial charge in [-0.25, -0.2) is 4.98 Å². The highest BCUT2D eigenvalue weighted by molar-refractivity contribution is 5.95. The third kappa shape index (κ3) is 2.96. The number of nitrogens with one attached hydrogen (secondary N) is 1. The highest BCUT2D eigenvalue weighted by atomic mass is 19.4. The van der Waals surface area contributed by atoms with Crippen molar-refractivity contribution in [1.82, 2.24) is 9.55 Å². The van der Waals surface area contributed by atoms with Crippen LogP contribution in [0.15, 0.2) is 18.2 Å². The molecule has 1 unspecified atom stereocenters. The number of fused-ring (bicyclic) bond motifs is 1. The van der Waals surface area contributed by atoms with Gasteiger partial charge in [-0.1, -0.05) is 0 Å². The van der Waals surface area contributed by atoms with Crippen LogP contribution in [0.4, 0.5) is 19.1 Å². The molecule has 2 aromatic rings. The Morgan fingerprint density at radius 3 is 2.65 bits per heavy atom. The minimum absolute atomic E-state index is 0.0468. The third-order valence-electron chi connectivity index (χ3n) is 5.49. The predicted molar refractivity (Wildman–Crippen MR) is 89.5 cm³/mol. The number of hydrogen-bond acceptors (Lipinski definition) is 3. The zero-order chi connectivity index (χ0) is 18.6. The normalized spacial score (nSPS) is 24.3. The van der Waals surface area contributed by atoms with Crippen molar-refractivity contribution >= 4 is 22.9 Å². The Kier molecular flexibility index (Phi) is 3.98. The van der Waals surface area contributed by atoms with Crippen molar-refractivity contribution in [3.63, 3.8) is 0 Å². The van der Waals surface area contributed by atoms with Crippen LogP contribution in [0.2, 0.25) is 0 Å². The molecule has 1 aromatic carbocycles. The second-order valence-corrected chi connectivity index (χ2v) is 7.33. The van der Waals surface area contributed by atoms with Gasteiger partial charge in [0.25, 0.3) is 0 Å². The van der Waals surface area contributed by atoms with Crippen molar-refractivity contribution in [2.45, 2.75) is 50.9 Å². The SMILES string of the molecule is CC(O)[C@H]1C[C@@H]1C(=O)Nc1nc2ccc(C(F)(F)F)cc2n1C1CCC1. The third-order valence-corrected chi connectivity index (χ3v) is 5.49. The van der Waals surface area contributed by atoms with E-state index in [0.29, 0.717) is 23.4 Å². The van der Waals surface area contributed by atoms with Gasteiger partial charge in [0.2, 0.25) is 11.9 Å². The molecule has 140 valence electrons. The zero-order valence-electron chi connectivity index (χ0n) is 14.3. The Labute approximate surface area is 148 Å². The van der Waals surface area contributed by atoms with E-state index >= 15 is 0 Å². The molecule has 2 fully saturated rings. The largest absolute Gasteiger partial charge is 0.416 e. The first kappa shape index (κ1) is 17.3. The minimum Gasteiger partial charge on any atom is -0.393 e. The summed E-state index contributed by atoms with van der Waals surface area (Å²) in [6.07, 6.45) is -1.65. The number of hydrogen-bond donors (Lipinski definition) is 2. The average Bonchev–Trinajstić information content (AvgIpc) is 3.24. The monoisotopic (exact) mass is 367 g/mol. The van der Waals surface area contributed by atoms with E-state index in [0.717, 1.165) is 31.4 Å². The second kappa shape index (κ2) is 5.97. The molecule has 0 aliphatic heterocycles. The van der Waals surface area contributed by atoms with Crippen LogP contribution in [0.1, 0.15) is 44.2 Å². The van der Waals surface area contributed by atoms with Gasteiger partial charge in [0.15, 0.2) is 0 Å². The molecule has 2 N–H and O–H groups in total. The molecule has 2 aliphatic carbocycles. The van der Waals surface area contributed by atoms with Gasteiger partial charge in [-0.3, -0.25) is 10.1 Å². The Morgan fingerprint density at radius 2 is 2.12 bits per heavy atom. The Balaban J connectivity index is 1.69. The molecule has 2 saturated carbocycles. The van der Waals surface area contributed by atoms with Gasteiger partial charge in [0.05, 0.1) is 22.7 Å². The van der Waals surface area contributed by atoms with Crippen molar-refractivity contribution in [1.29, 1.82) is 0 Å². The number of nitrogens with zero attached hydrogens (tertiary/aromatic N) is 2. The van der Waals surface area contributed by atoms with Gasteiger partial charge < -0.3 is 9.67 Å². The number of imidazole rings is 1. The van der Waals surface area contributed by atoms with Crippen LogP contribution < -0.4 is 5.32 Å². The molecule has 4 rings (SSSR count). The van der Waals surface area contributed by atoms with Crippen LogP contribution in [0, 0.1) is 11.8 Å². The lowest BCUT2D eigenvalue weighted by Crippen LogP contribution is -2.24. The fourth-order valence-electron chi connectivity index (χ4n) is 3.62. The number of benzene rings is 1. The number of carbonyl (C=O) groups is 1. The predicted octanol–water partition coefficient (Wildman–Crippen LogP) is 3.74.